The lowest BCUT2D eigenvalue weighted by Crippen LogP contribution is -1.96. The first-order valence-electron chi connectivity index (χ1n) is 5.46. The maximum Gasteiger partial charge on any atom is 0.0643 e. The van der Waals surface area contributed by atoms with Crippen LogP contribution in [0.5, 0.6) is 0 Å². The second-order valence-electron chi connectivity index (χ2n) is 4.13. The van der Waals surface area contributed by atoms with E-state index in [-0.39, 0.29) is 0 Å². The van der Waals surface area contributed by atoms with E-state index in [0.717, 1.165) is 33.2 Å². The Kier molecular flexibility index (Phi) is 3.25. The summed E-state index contributed by atoms with van der Waals surface area (Å²) in [6.45, 7) is 4.01. The van der Waals surface area contributed by atoms with Crippen LogP contribution in [0.1, 0.15) is 11.1 Å². The number of halogens is 1. The van der Waals surface area contributed by atoms with Gasteiger partial charge in [-0.1, -0.05) is 23.7 Å². The fraction of sp³-hybridized carbons (Fsp3) is 0.143. The molecule has 0 aliphatic carbocycles. The Bertz CT molecular complexity index is 530. The average Bonchev–Trinajstić information content (AvgIpc) is 2.28. The largest absolute Gasteiger partial charge is 0.399 e. The number of hydrogen-bond acceptors (Lipinski definition) is 2. The van der Waals surface area contributed by atoms with Gasteiger partial charge in [0.15, 0.2) is 0 Å². The fourth-order valence-corrected chi connectivity index (χ4v) is 1.96. The molecule has 0 atom stereocenters. The van der Waals surface area contributed by atoms with Crippen molar-refractivity contribution in [3.63, 3.8) is 0 Å². The van der Waals surface area contributed by atoms with Crippen molar-refractivity contribution in [2.45, 2.75) is 13.8 Å². The zero-order chi connectivity index (χ0) is 12.4. The van der Waals surface area contributed by atoms with Gasteiger partial charge in [0.25, 0.3) is 0 Å². The molecule has 0 saturated carbocycles. The van der Waals surface area contributed by atoms with Crippen LogP contribution in [0.3, 0.4) is 0 Å². The van der Waals surface area contributed by atoms with E-state index in [4.69, 9.17) is 17.3 Å². The van der Waals surface area contributed by atoms with Gasteiger partial charge in [-0.2, -0.15) is 0 Å². The van der Waals surface area contributed by atoms with Crippen LogP contribution in [0.15, 0.2) is 36.4 Å². The molecule has 88 valence electrons. The highest BCUT2D eigenvalue weighted by Crippen LogP contribution is 2.29. The summed E-state index contributed by atoms with van der Waals surface area (Å²) in [4.78, 5) is 0. The Morgan fingerprint density at radius 1 is 1.06 bits per heavy atom. The molecule has 3 N–H and O–H groups in total. The van der Waals surface area contributed by atoms with Crippen molar-refractivity contribution in [2.24, 2.45) is 0 Å². The molecule has 2 rings (SSSR count). The van der Waals surface area contributed by atoms with Gasteiger partial charge in [0.2, 0.25) is 0 Å². The predicted molar refractivity (Wildman–Crippen MR) is 75.1 cm³/mol. The van der Waals surface area contributed by atoms with Crippen LogP contribution >= 0.6 is 11.6 Å². The fourth-order valence-electron chi connectivity index (χ4n) is 1.69. The van der Waals surface area contributed by atoms with Crippen LogP contribution in [-0.2, 0) is 0 Å². The molecule has 2 nitrogen and oxygen atoms in total. The minimum absolute atomic E-state index is 0.722. The highest BCUT2D eigenvalue weighted by Gasteiger charge is 2.04. The van der Waals surface area contributed by atoms with E-state index in [9.17, 15) is 0 Å². The van der Waals surface area contributed by atoms with E-state index in [1.807, 2.05) is 50.2 Å². The lowest BCUT2D eigenvalue weighted by molar-refractivity contribution is 1.41. The zero-order valence-corrected chi connectivity index (χ0v) is 10.7. The maximum absolute atomic E-state index is 6.16. The Labute approximate surface area is 106 Å². The van der Waals surface area contributed by atoms with Gasteiger partial charge >= 0.3 is 0 Å². The van der Waals surface area contributed by atoms with Crippen molar-refractivity contribution in [1.82, 2.24) is 0 Å². The zero-order valence-electron chi connectivity index (χ0n) is 9.92. The molecule has 0 radical (unpaired) electrons. The van der Waals surface area contributed by atoms with Gasteiger partial charge in [0.05, 0.1) is 10.7 Å². The van der Waals surface area contributed by atoms with Crippen LogP contribution in [0, 0.1) is 13.8 Å². The molecular weight excluding hydrogens is 232 g/mol. The SMILES string of the molecule is Cc1cc(Nc2c(C)cccc2Cl)ccc1N. The Hall–Kier alpha value is -1.67. The lowest BCUT2D eigenvalue weighted by Gasteiger charge is -2.12. The molecule has 17 heavy (non-hydrogen) atoms. The molecule has 0 unspecified atom stereocenters. The van der Waals surface area contributed by atoms with Crippen LogP contribution in [0.4, 0.5) is 17.1 Å². The molecule has 0 aromatic heterocycles. The van der Waals surface area contributed by atoms with Gasteiger partial charge < -0.3 is 11.1 Å². The van der Waals surface area contributed by atoms with Crippen LogP contribution < -0.4 is 11.1 Å². The Balaban J connectivity index is 2.35. The molecule has 0 fully saturated rings. The molecule has 0 spiro atoms. The summed E-state index contributed by atoms with van der Waals surface area (Å²) >= 11 is 6.16. The third-order valence-corrected chi connectivity index (χ3v) is 3.08. The molecule has 0 bridgehead atoms. The molecule has 0 amide bonds. The van der Waals surface area contributed by atoms with Crippen molar-refractivity contribution in [3.05, 3.63) is 52.5 Å². The first kappa shape index (κ1) is 11.8. The summed E-state index contributed by atoms with van der Waals surface area (Å²) in [6, 6.07) is 11.7. The number of nitrogen functional groups attached to an aromatic ring is 1. The Morgan fingerprint density at radius 2 is 1.82 bits per heavy atom. The van der Waals surface area contributed by atoms with E-state index >= 15 is 0 Å². The van der Waals surface area contributed by atoms with E-state index in [1.165, 1.54) is 0 Å². The van der Waals surface area contributed by atoms with Crippen LogP contribution in [0.2, 0.25) is 5.02 Å². The summed E-state index contributed by atoms with van der Waals surface area (Å²) in [5.41, 5.74) is 10.7. The number of para-hydroxylation sites is 1. The van der Waals surface area contributed by atoms with E-state index < -0.39 is 0 Å². The Morgan fingerprint density at radius 3 is 2.47 bits per heavy atom. The molecule has 0 heterocycles. The minimum atomic E-state index is 0.722. The minimum Gasteiger partial charge on any atom is -0.399 e. The first-order valence-corrected chi connectivity index (χ1v) is 5.84. The number of rotatable bonds is 2. The molecular formula is C14H15ClN2. The average molecular weight is 247 g/mol. The molecule has 0 aliphatic rings. The van der Waals surface area contributed by atoms with Gasteiger partial charge in [0.1, 0.15) is 0 Å². The normalized spacial score (nSPS) is 10.3. The van der Waals surface area contributed by atoms with E-state index in [0.29, 0.717) is 0 Å². The van der Waals surface area contributed by atoms with Crippen molar-refractivity contribution in [1.29, 1.82) is 0 Å². The third-order valence-electron chi connectivity index (χ3n) is 2.76. The number of nitrogens with two attached hydrogens (primary N) is 1. The second-order valence-corrected chi connectivity index (χ2v) is 4.54. The summed E-state index contributed by atoms with van der Waals surface area (Å²) in [5.74, 6) is 0. The predicted octanol–water partition coefficient (Wildman–Crippen LogP) is 4.28. The van der Waals surface area contributed by atoms with Gasteiger partial charge in [-0.05, 0) is 49.2 Å². The molecule has 2 aromatic carbocycles. The summed E-state index contributed by atoms with van der Waals surface area (Å²) in [7, 11) is 0. The number of aryl methyl sites for hydroxylation is 2. The maximum atomic E-state index is 6.16. The molecule has 3 heteroatoms. The number of anilines is 3. The van der Waals surface area contributed by atoms with Gasteiger partial charge in [0, 0.05) is 11.4 Å². The number of hydrogen-bond donors (Lipinski definition) is 2. The molecule has 0 saturated heterocycles. The number of nitrogens with one attached hydrogen (secondary N) is 1. The van der Waals surface area contributed by atoms with Gasteiger partial charge in [-0.25, -0.2) is 0 Å². The van der Waals surface area contributed by atoms with Gasteiger partial charge in [-0.3, -0.25) is 0 Å². The monoisotopic (exact) mass is 246 g/mol. The third kappa shape index (κ3) is 2.53. The highest BCUT2D eigenvalue weighted by atomic mass is 35.5. The first-order chi connectivity index (χ1) is 8.08. The summed E-state index contributed by atoms with van der Waals surface area (Å²) in [6.07, 6.45) is 0. The topological polar surface area (TPSA) is 38.0 Å². The van der Waals surface area contributed by atoms with Crippen LogP contribution in [0.25, 0.3) is 0 Å². The molecule has 2 aromatic rings. The molecule has 0 aliphatic heterocycles. The van der Waals surface area contributed by atoms with Crippen molar-refractivity contribution in [2.75, 3.05) is 11.1 Å². The second kappa shape index (κ2) is 4.68. The summed E-state index contributed by atoms with van der Waals surface area (Å²) < 4.78 is 0. The van der Waals surface area contributed by atoms with Crippen molar-refractivity contribution < 1.29 is 0 Å². The summed E-state index contributed by atoms with van der Waals surface area (Å²) in [5, 5.41) is 4.04. The standard InChI is InChI=1S/C14H15ClN2/c1-9-4-3-5-12(15)14(9)17-11-6-7-13(16)10(2)8-11/h3-8,17H,16H2,1-2H3. The smallest absolute Gasteiger partial charge is 0.0643 e. The van der Waals surface area contributed by atoms with Crippen molar-refractivity contribution in [3.8, 4) is 0 Å². The van der Waals surface area contributed by atoms with Crippen LogP contribution in [-0.4, -0.2) is 0 Å². The van der Waals surface area contributed by atoms with Gasteiger partial charge in [-0.15, -0.1) is 0 Å². The lowest BCUT2D eigenvalue weighted by atomic mass is 10.1. The van der Waals surface area contributed by atoms with E-state index in [1.54, 1.807) is 0 Å². The highest BCUT2D eigenvalue weighted by molar-refractivity contribution is 6.33. The quantitative estimate of drug-likeness (QED) is 0.776. The van der Waals surface area contributed by atoms with E-state index in [2.05, 4.69) is 5.32 Å². The number of benzene rings is 2. The van der Waals surface area contributed by atoms with Crippen molar-refractivity contribution >= 4 is 28.7 Å².